The van der Waals surface area contributed by atoms with Gasteiger partial charge in [-0.15, -0.1) is 0 Å². The molecule has 0 bridgehead atoms. The minimum Gasteiger partial charge on any atom is -0.329 e. The van der Waals surface area contributed by atoms with Crippen LogP contribution in [0.25, 0.3) is 0 Å². The monoisotopic (exact) mass is 206 g/mol. The van der Waals surface area contributed by atoms with Gasteiger partial charge in [0.05, 0.1) is 0 Å². The molecule has 4 heteroatoms. The maximum atomic E-state index is 12.8. The highest BCUT2D eigenvalue weighted by Gasteiger charge is 2.34. The summed E-state index contributed by atoms with van der Waals surface area (Å²) in [6.45, 7) is 2.40. The first-order valence-electron chi connectivity index (χ1n) is 5.30. The van der Waals surface area contributed by atoms with Crippen molar-refractivity contribution in [3.63, 3.8) is 0 Å². The quantitative estimate of drug-likeness (QED) is 0.758. The van der Waals surface area contributed by atoms with E-state index >= 15 is 0 Å². The topological polar surface area (TPSA) is 29.3 Å². The van der Waals surface area contributed by atoms with Crippen LogP contribution in [0.2, 0.25) is 0 Å². The summed E-state index contributed by atoms with van der Waals surface area (Å²) >= 11 is 0. The van der Waals surface area contributed by atoms with Crippen LogP contribution in [0.4, 0.5) is 8.78 Å². The molecule has 0 radical (unpaired) electrons. The zero-order valence-electron chi connectivity index (χ0n) is 8.81. The average Bonchev–Trinajstić information content (AvgIpc) is 2.09. The molecule has 2 N–H and O–H groups in total. The first-order chi connectivity index (χ1) is 6.53. The minimum absolute atomic E-state index is 0.0636. The number of halogens is 2. The molecule has 2 nitrogen and oxygen atoms in total. The van der Waals surface area contributed by atoms with Crippen LogP contribution in [0, 0.1) is 5.92 Å². The first kappa shape index (κ1) is 11.9. The van der Waals surface area contributed by atoms with E-state index in [1.54, 1.807) is 0 Å². The summed E-state index contributed by atoms with van der Waals surface area (Å²) in [6.07, 6.45) is 1.44. The van der Waals surface area contributed by atoms with E-state index in [0.29, 0.717) is 25.3 Å². The van der Waals surface area contributed by atoms with E-state index in [9.17, 15) is 8.78 Å². The van der Waals surface area contributed by atoms with E-state index in [-0.39, 0.29) is 12.8 Å². The Labute approximate surface area is 84.4 Å². The van der Waals surface area contributed by atoms with Crippen LogP contribution >= 0.6 is 0 Å². The second-order valence-corrected chi connectivity index (χ2v) is 4.35. The highest BCUT2D eigenvalue weighted by Crippen LogP contribution is 2.36. The van der Waals surface area contributed by atoms with E-state index in [0.717, 1.165) is 13.1 Å². The molecule has 0 aromatic heterocycles. The molecule has 1 aliphatic carbocycles. The Hall–Kier alpha value is -0.220. The van der Waals surface area contributed by atoms with Gasteiger partial charge in [-0.1, -0.05) is 0 Å². The molecule has 0 unspecified atom stereocenters. The van der Waals surface area contributed by atoms with Crippen LogP contribution in [0.5, 0.6) is 0 Å². The third-order valence-corrected chi connectivity index (χ3v) is 2.92. The Morgan fingerprint density at radius 1 is 1.36 bits per heavy atom. The minimum atomic E-state index is -2.40. The number of likely N-dealkylation sites (N-methyl/N-ethyl adjacent to an activating group) is 1. The SMILES string of the molecule is CN(CCN)CC1CCC(F)(F)CC1. The van der Waals surface area contributed by atoms with Crippen LogP contribution in [0.3, 0.4) is 0 Å². The molecule has 1 fully saturated rings. The van der Waals surface area contributed by atoms with Crippen molar-refractivity contribution >= 4 is 0 Å². The van der Waals surface area contributed by atoms with Crippen molar-refractivity contribution in [2.75, 3.05) is 26.7 Å². The molecule has 0 saturated heterocycles. The lowest BCUT2D eigenvalue weighted by Gasteiger charge is -2.30. The molecule has 0 aromatic carbocycles. The van der Waals surface area contributed by atoms with Crippen molar-refractivity contribution in [3.05, 3.63) is 0 Å². The van der Waals surface area contributed by atoms with E-state index in [2.05, 4.69) is 4.90 Å². The van der Waals surface area contributed by atoms with Crippen molar-refractivity contribution in [1.29, 1.82) is 0 Å². The van der Waals surface area contributed by atoms with E-state index in [4.69, 9.17) is 5.73 Å². The molecule has 0 aromatic rings. The van der Waals surface area contributed by atoms with Crippen molar-refractivity contribution in [2.45, 2.75) is 31.6 Å². The average molecular weight is 206 g/mol. The highest BCUT2D eigenvalue weighted by atomic mass is 19.3. The van der Waals surface area contributed by atoms with Crippen molar-refractivity contribution in [1.82, 2.24) is 4.90 Å². The Morgan fingerprint density at radius 2 is 1.93 bits per heavy atom. The smallest absolute Gasteiger partial charge is 0.248 e. The number of alkyl halides is 2. The van der Waals surface area contributed by atoms with Gasteiger partial charge >= 0.3 is 0 Å². The third-order valence-electron chi connectivity index (χ3n) is 2.92. The summed E-state index contributed by atoms with van der Waals surface area (Å²) in [6, 6.07) is 0. The number of nitrogens with two attached hydrogens (primary N) is 1. The summed E-state index contributed by atoms with van der Waals surface area (Å²) in [4.78, 5) is 2.13. The second-order valence-electron chi connectivity index (χ2n) is 4.35. The van der Waals surface area contributed by atoms with E-state index in [1.165, 1.54) is 0 Å². The van der Waals surface area contributed by atoms with Crippen LogP contribution in [0.1, 0.15) is 25.7 Å². The highest BCUT2D eigenvalue weighted by molar-refractivity contribution is 4.78. The fraction of sp³-hybridized carbons (Fsp3) is 1.00. The van der Waals surface area contributed by atoms with Gasteiger partial charge in [-0.2, -0.15) is 0 Å². The fourth-order valence-corrected chi connectivity index (χ4v) is 2.03. The van der Waals surface area contributed by atoms with Gasteiger partial charge in [0.2, 0.25) is 5.92 Å². The van der Waals surface area contributed by atoms with E-state index in [1.807, 2.05) is 7.05 Å². The second kappa shape index (κ2) is 5.03. The molecule has 1 rings (SSSR count). The van der Waals surface area contributed by atoms with E-state index < -0.39 is 5.92 Å². The predicted octanol–water partition coefficient (Wildman–Crippen LogP) is 1.70. The molecule has 0 amide bonds. The normalized spacial score (nSPS) is 22.9. The third kappa shape index (κ3) is 3.88. The standard InChI is InChI=1S/C10H20F2N2/c1-14(7-6-13)8-9-2-4-10(11,12)5-3-9/h9H,2-8,13H2,1H3. The van der Waals surface area contributed by atoms with Crippen LogP contribution in [-0.2, 0) is 0 Å². The molecule has 84 valence electrons. The van der Waals surface area contributed by atoms with Gasteiger partial charge in [0.1, 0.15) is 0 Å². The zero-order chi connectivity index (χ0) is 10.6. The summed E-state index contributed by atoms with van der Waals surface area (Å²) in [5.41, 5.74) is 5.42. The lowest BCUT2D eigenvalue weighted by molar-refractivity contribution is -0.0481. The molecule has 0 atom stereocenters. The molecule has 14 heavy (non-hydrogen) atoms. The summed E-state index contributed by atoms with van der Waals surface area (Å²) < 4.78 is 25.7. The van der Waals surface area contributed by atoms with Gasteiger partial charge in [0, 0.05) is 32.5 Å². The largest absolute Gasteiger partial charge is 0.329 e. The Kier molecular flexibility index (Phi) is 4.26. The van der Waals surface area contributed by atoms with Gasteiger partial charge in [-0.25, -0.2) is 8.78 Å². The van der Waals surface area contributed by atoms with Crippen LogP contribution in [0.15, 0.2) is 0 Å². The summed E-state index contributed by atoms with van der Waals surface area (Å²) in [7, 11) is 2.00. The predicted molar refractivity (Wildman–Crippen MR) is 53.5 cm³/mol. The van der Waals surface area contributed by atoms with Gasteiger partial charge in [-0.05, 0) is 25.8 Å². The van der Waals surface area contributed by atoms with Crippen LogP contribution < -0.4 is 5.73 Å². The zero-order valence-corrected chi connectivity index (χ0v) is 8.81. The van der Waals surface area contributed by atoms with Crippen molar-refractivity contribution in [3.8, 4) is 0 Å². The maximum Gasteiger partial charge on any atom is 0.248 e. The number of hydrogen-bond donors (Lipinski definition) is 1. The first-order valence-corrected chi connectivity index (χ1v) is 5.30. The molecule has 1 saturated carbocycles. The molecular weight excluding hydrogens is 186 g/mol. The lowest BCUT2D eigenvalue weighted by Crippen LogP contribution is -2.34. The van der Waals surface area contributed by atoms with Crippen LogP contribution in [-0.4, -0.2) is 37.5 Å². The Balaban J connectivity index is 2.22. The van der Waals surface area contributed by atoms with Gasteiger partial charge < -0.3 is 10.6 Å². The number of rotatable bonds is 4. The molecule has 0 aliphatic heterocycles. The molecular formula is C10H20F2N2. The number of hydrogen-bond acceptors (Lipinski definition) is 2. The van der Waals surface area contributed by atoms with Crippen molar-refractivity contribution < 1.29 is 8.78 Å². The maximum absolute atomic E-state index is 12.8. The van der Waals surface area contributed by atoms with Gasteiger partial charge in [0.25, 0.3) is 0 Å². The molecule has 0 heterocycles. The lowest BCUT2D eigenvalue weighted by atomic mass is 9.86. The van der Waals surface area contributed by atoms with Crippen molar-refractivity contribution in [2.24, 2.45) is 11.7 Å². The van der Waals surface area contributed by atoms with Gasteiger partial charge in [-0.3, -0.25) is 0 Å². The van der Waals surface area contributed by atoms with Gasteiger partial charge in [0.15, 0.2) is 0 Å². The summed E-state index contributed by atoms with van der Waals surface area (Å²) in [5, 5.41) is 0. The summed E-state index contributed by atoms with van der Waals surface area (Å²) in [5.74, 6) is -1.96. The molecule has 0 spiro atoms. The fourth-order valence-electron chi connectivity index (χ4n) is 2.03. The number of nitrogens with zero attached hydrogens (tertiary/aromatic N) is 1. The molecule has 1 aliphatic rings. The Morgan fingerprint density at radius 3 is 2.43 bits per heavy atom. The Bertz CT molecular complexity index is 164.